The smallest absolute Gasteiger partial charge is 0.412 e. The van der Waals surface area contributed by atoms with E-state index in [1.807, 2.05) is 0 Å². The lowest BCUT2D eigenvalue weighted by molar-refractivity contribution is -0.267. The summed E-state index contributed by atoms with van der Waals surface area (Å²) in [6.45, 7) is 2.91. The Hall–Kier alpha value is -0.890. The third kappa shape index (κ3) is 4.55. The number of hydrogen-bond acceptors (Lipinski definition) is 3. The van der Waals surface area contributed by atoms with Crippen molar-refractivity contribution in [1.82, 2.24) is 0 Å². The number of alkyl halides is 5. The average Bonchev–Trinajstić information content (AvgIpc) is 2.88. The Kier molecular flexibility index (Phi) is 5.50. The monoisotopic (exact) mass is 350 g/mol. The maximum Gasteiger partial charge on any atom is 0.412 e. The van der Waals surface area contributed by atoms with Gasteiger partial charge in [0, 0.05) is 0 Å². The largest absolute Gasteiger partial charge is 0.466 e. The summed E-state index contributed by atoms with van der Waals surface area (Å²) in [4.78, 5) is 11.7. The lowest BCUT2D eigenvalue weighted by Gasteiger charge is -2.17. The molecule has 128 valence electrons. The molecule has 1 aliphatic rings. The Bertz CT molecular complexity index is 459. The predicted molar refractivity (Wildman–Crippen MR) is 68.3 cm³/mol. The number of halogens is 6. The molecule has 0 aromatic rings. The molecule has 9 heteroatoms. The molecule has 3 nitrogen and oxygen atoms in total. The van der Waals surface area contributed by atoms with Gasteiger partial charge in [-0.2, -0.15) is 22.0 Å². The van der Waals surface area contributed by atoms with Crippen molar-refractivity contribution < 1.29 is 36.2 Å². The molecule has 0 radical (unpaired) electrons. The van der Waals surface area contributed by atoms with Crippen LogP contribution in [0.1, 0.15) is 20.8 Å². The van der Waals surface area contributed by atoms with E-state index in [9.17, 15) is 26.7 Å². The summed E-state index contributed by atoms with van der Waals surface area (Å²) in [5, 5.41) is -1.18. The van der Waals surface area contributed by atoms with Crippen LogP contribution in [0.15, 0.2) is 11.1 Å². The van der Waals surface area contributed by atoms with Crippen molar-refractivity contribution in [2.24, 2.45) is 17.3 Å². The first kappa shape index (κ1) is 19.2. The zero-order valence-corrected chi connectivity index (χ0v) is 12.9. The summed E-state index contributed by atoms with van der Waals surface area (Å²) in [6.07, 6.45) is -8.30. The molecular weight excluding hydrogens is 335 g/mol. The molecule has 0 aliphatic heterocycles. The summed E-state index contributed by atoms with van der Waals surface area (Å²) in [5.41, 5.74) is -0.660. The molecule has 1 saturated carbocycles. The van der Waals surface area contributed by atoms with Gasteiger partial charge in [0.25, 0.3) is 0 Å². The van der Waals surface area contributed by atoms with Crippen LogP contribution in [-0.4, -0.2) is 31.5 Å². The number of allylic oxidation sites excluding steroid dienone is 1. The molecule has 1 rings (SSSR count). The SMILES string of the molecule is CCOC(=O)[C@@H]1[C@@H](C=C(Cl)C(F)(F)OCC(F)(F)F)C1(C)C. The van der Waals surface area contributed by atoms with Gasteiger partial charge in [0.15, 0.2) is 0 Å². The van der Waals surface area contributed by atoms with Crippen LogP contribution in [0.3, 0.4) is 0 Å². The Labute approximate surface area is 129 Å². The summed E-state index contributed by atoms with van der Waals surface area (Å²) < 4.78 is 70.9. The van der Waals surface area contributed by atoms with E-state index >= 15 is 0 Å². The second kappa shape index (κ2) is 6.31. The lowest BCUT2D eigenvalue weighted by Crippen LogP contribution is -2.28. The average molecular weight is 351 g/mol. The Morgan fingerprint density at radius 2 is 1.82 bits per heavy atom. The molecule has 0 aromatic carbocycles. The van der Waals surface area contributed by atoms with Crippen LogP contribution in [-0.2, 0) is 14.3 Å². The number of esters is 1. The minimum atomic E-state index is -4.90. The van der Waals surface area contributed by atoms with Crippen LogP contribution in [0.25, 0.3) is 0 Å². The zero-order chi connectivity index (χ0) is 17.3. The molecule has 1 aliphatic carbocycles. The van der Waals surface area contributed by atoms with Crippen LogP contribution >= 0.6 is 11.6 Å². The highest BCUT2D eigenvalue weighted by molar-refractivity contribution is 6.30. The molecule has 1 fully saturated rings. The van der Waals surface area contributed by atoms with Gasteiger partial charge >= 0.3 is 18.3 Å². The Morgan fingerprint density at radius 3 is 2.27 bits per heavy atom. The maximum atomic E-state index is 13.4. The standard InChI is InChI=1S/C13H16ClF5O3/c1-4-21-10(20)9-7(11(9,2)3)5-8(14)13(18,19)22-6-12(15,16)17/h5,7,9H,4,6H2,1-3H3/t7-,9+/m1/s1. The van der Waals surface area contributed by atoms with E-state index in [4.69, 9.17) is 16.3 Å². The third-order valence-corrected chi connectivity index (χ3v) is 3.82. The van der Waals surface area contributed by atoms with E-state index in [2.05, 4.69) is 4.74 Å². The molecule has 0 bridgehead atoms. The van der Waals surface area contributed by atoms with Crippen molar-refractivity contribution in [3.05, 3.63) is 11.1 Å². The van der Waals surface area contributed by atoms with E-state index in [-0.39, 0.29) is 6.61 Å². The minimum Gasteiger partial charge on any atom is -0.466 e. The quantitative estimate of drug-likeness (QED) is 0.534. The summed E-state index contributed by atoms with van der Waals surface area (Å²) in [7, 11) is 0. The van der Waals surface area contributed by atoms with Gasteiger partial charge in [-0.05, 0) is 18.3 Å². The van der Waals surface area contributed by atoms with Gasteiger partial charge in [-0.3, -0.25) is 4.79 Å². The molecule has 0 N–H and O–H groups in total. The van der Waals surface area contributed by atoms with Crippen molar-refractivity contribution in [2.45, 2.75) is 33.1 Å². The lowest BCUT2D eigenvalue weighted by atomic mass is 10.1. The van der Waals surface area contributed by atoms with Gasteiger partial charge in [-0.25, -0.2) is 0 Å². The fourth-order valence-electron chi connectivity index (χ4n) is 2.17. The van der Waals surface area contributed by atoms with Crippen molar-refractivity contribution in [1.29, 1.82) is 0 Å². The van der Waals surface area contributed by atoms with E-state index in [1.54, 1.807) is 20.8 Å². The van der Waals surface area contributed by atoms with Crippen LogP contribution in [0, 0.1) is 17.3 Å². The normalized spacial score (nSPS) is 25.0. The molecule has 0 saturated heterocycles. The number of carbonyl (C=O) groups is 1. The van der Waals surface area contributed by atoms with Gasteiger partial charge < -0.3 is 9.47 Å². The Morgan fingerprint density at radius 1 is 1.27 bits per heavy atom. The van der Waals surface area contributed by atoms with Gasteiger partial charge in [0.2, 0.25) is 0 Å². The first-order valence-electron chi connectivity index (χ1n) is 6.46. The minimum absolute atomic E-state index is 0.139. The van der Waals surface area contributed by atoms with Gasteiger partial charge in [-0.15, -0.1) is 0 Å². The van der Waals surface area contributed by atoms with Crippen molar-refractivity contribution >= 4 is 17.6 Å². The second-order valence-corrected chi connectivity index (χ2v) is 5.92. The number of rotatable bonds is 6. The maximum absolute atomic E-state index is 13.4. The van der Waals surface area contributed by atoms with Crippen molar-refractivity contribution in [2.75, 3.05) is 13.2 Å². The second-order valence-electron chi connectivity index (χ2n) is 5.51. The number of hydrogen-bond donors (Lipinski definition) is 0. The summed E-state index contributed by atoms with van der Waals surface area (Å²) in [5.74, 6) is -1.88. The highest BCUT2D eigenvalue weighted by atomic mass is 35.5. The summed E-state index contributed by atoms with van der Waals surface area (Å²) >= 11 is 5.38. The molecule has 0 aromatic heterocycles. The van der Waals surface area contributed by atoms with E-state index in [0.29, 0.717) is 0 Å². The van der Waals surface area contributed by atoms with Gasteiger partial charge in [0.1, 0.15) is 11.6 Å². The third-order valence-electron chi connectivity index (χ3n) is 3.47. The predicted octanol–water partition coefficient (Wildman–Crippen LogP) is 4.12. The molecular formula is C13H16ClF5O3. The Balaban J connectivity index is 2.78. The topological polar surface area (TPSA) is 35.5 Å². The van der Waals surface area contributed by atoms with Crippen molar-refractivity contribution in [3.8, 4) is 0 Å². The molecule has 22 heavy (non-hydrogen) atoms. The summed E-state index contributed by atoms with van der Waals surface area (Å²) in [6, 6.07) is 0. The van der Waals surface area contributed by atoms with E-state index < -0.39 is 47.1 Å². The fraction of sp³-hybridized carbons (Fsp3) is 0.769. The van der Waals surface area contributed by atoms with Crippen LogP contribution in [0.2, 0.25) is 0 Å². The highest BCUT2D eigenvalue weighted by Gasteiger charge is 2.62. The molecule has 2 atom stereocenters. The molecule has 0 amide bonds. The van der Waals surface area contributed by atoms with Crippen LogP contribution < -0.4 is 0 Å². The first-order chi connectivity index (χ1) is 9.83. The van der Waals surface area contributed by atoms with Crippen LogP contribution in [0.5, 0.6) is 0 Å². The fourth-order valence-corrected chi connectivity index (χ4v) is 2.36. The number of ether oxygens (including phenoxy) is 2. The van der Waals surface area contributed by atoms with Crippen LogP contribution in [0.4, 0.5) is 22.0 Å². The molecule has 0 unspecified atom stereocenters. The van der Waals surface area contributed by atoms with Gasteiger partial charge in [0.05, 0.1) is 12.5 Å². The van der Waals surface area contributed by atoms with E-state index in [0.717, 1.165) is 6.08 Å². The van der Waals surface area contributed by atoms with E-state index in [1.165, 1.54) is 0 Å². The molecule has 0 heterocycles. The highest BCUT2D eigenvalue weighted by Crippen LogP contribution is 2.60. The van der Waals surface area contributed by atoms with Gasteiger partial charge in [-0.1, -0.05) is 31.5 Å². The molecule has 0 spiro atoms. The van der Waals surface area contributed by atoms with Crippen molar-refractivity contribution in [3.63, 3.8) is 0 Å². The number of carbonyl (C=O) groups excluding carboxylic acids is 1. The first-order valence-corrected chi connectivity index (χ1v) is 6.83. The zero-order valence-electron chi connectivity index (χ0n) is 12.1.